The van der Waals surface area contributed by atoms with Crippen LogP contribution in [0.4, 0.5) is 4.39 Å². The number of nitrogens with zero attached hydrogens (tertiary/aromatic N) is 1. The molecule has 1 heterocycles. The van der Waals surface area contributed by atoms with Crippen molar-refractivity contribution in [1.29, 1.82) is 0 Å². The molecule has 0 amide bonds. The van der Waals surface area contributed by atoms with Crippen LogP contribution in [0, 0.1) is 5.82 Å². The molecule has 0 spiro atoms. The van der Waals surface area contributed by atoms with Gasteiger partial charge in [0.25, 0.3) is 0 Å². The van der Waals surface area contributed by atoms with E-state index in [4.69, 9.17) is 23.2 Å². The molecule has 0 aliphatic carbocycles. The van der Waals surface area contributed by atoms with Gasteiger partial charge in [-0.2, -0.15) is 0 Å². The average molecular weight is 303 g/mol. The fourth-order valence-electron chi connectivity index (χ4n) is 2.45. The van der Waals surface area contributed by atoms with Crippen molar-refractivity contribution in [2.75, 3.05) is 26.2 Å². The van der Waals surface area contributed by atoms with Gasteiger partial charge in [0.2, 0.25) is 0 Å². The quantitative estimate of drug-likeness (QED) is 0.674. The molecule has 1 N–H and O–H groups in total. The summed E-state index contributed by atoms with van der Waals surface area (Å²) in [5.74, 6) is -0.306. The van der Waals surface area contributed by atoms with Crippen LogP contribution in [0.1, 0.15) is 18.0 Å². The van der Waals surface area contributed by atoms with Crippen molar-refractivity contribution in [3.63, 3.8) is 0 Å². The number of rotatable bonds is 4. The molecule has 1 aliphatic rings. The molecule has 104 valence electrons. The van der Waals surface area contributed by atoms with Crippen molar-refractivity contribution in [1.82, 2.24) is 10.2 Å². The van der Waals surface area contributed by atoms with E-state index in [9.17, 15) is 4.39 Å². The van der Waals surface area contributed by atoms with E-state index in [1.807, 2.05) is 0 Å². The molecular formula is C14H17Cl2FN2. The Balaban J connectivity index is 2.37. The summed E-state index contributed by atoms with van der Waals surface area (Å²) in [6.07, 6.45) is 2.44. The van der Waals surface area contributed by atoms with Crippen LogP contribution < -0.4 is 5.32 Å². The Morgan fingerprint density at radius 1 is 1.37 bits per heavy atom. The molecule has 2 rings (SSSR count). The first kappa shape index (κ1) is 14.8. The molecule has 19 heavy (non-hydrogen) atoms. The second-order valence-corrected chi connectivity index (χ2v) is 5.37. The second-order valence-electron chi connectivity index (χ2n) is 4.58. The van der Waals surface area contributed by atoms with Crippen LogP contribution in [-0.2, 0) is 0 Å². The maximum atomic E-state index is 14.1. The van der Waals surface area contributed by atoms with Crippen molar-refractivity contribution in [3.05, 3.63) is 46.2 Å². The molecule has 1 saturated heterocycles. The van der Waals surface area contributed by atoms with Crippen LogP contribution in [-0.4, -0.2) is 31.1 Å². The van der Waals surface area contributed by atoms with E-state index in [1.54, 1.807) is 6.08 Å². The van der Waals surface area contributed by atoms with E-state index in [2.05, 4.69) is 16.8 Å². The number of hydrogen-bond donors (Lipinski definition) is 1. The molecule has 2 nitrogen and oxygen atoms in total. The van der Waals surface area contributed by atoms with Gasteiger partial charge < -0.3 is 5.32 Å². The molecule has 0 unspecified atom stereocenters. The zero-order valence-electron chi connectivity index (χ0n) is 10.6. The van der Waals surface area contributed by atoms with Crippen LogP contribution in [0.3, 0.4) is 0 Å². The monoisotopic (exact) mass is 302 g/mol. The molecule has 0 aromatic heterocycles. The minimum atomic E-state index is -0.306. The van der Waals surface area contributed by atoms with E-state index >= 15 is 0 Å². The van der Waals surface area contributed by atoms with E-state index in [-0.39, 0.29) is 11.9 Å². The SMILES string of the molecule is C=CC[C@H](c1c(F)ccc(Cl)c1Cl)N1CCNCC1. The van der Waals surface area contributed by atoms with Crippen LogP contribution >= 0.6 is 23.2 Å². The van der Waals surface area contributed by atoms with Gasteiger partial charge >= 0.3 is 0 Å². The minimum absolute atomic E-state index is 0.106. The highest BCUT2D eigenvalue weighted by Gasteiger charge is 2.26. The summed E-state index contributed by atoms with van der Waals surface area (Å²) in [4.78, 5) is 2.22. The topological polar surface area (TPSA) is 15.3 Å². The fraction of sp³-hybridized carbons (Fsp3) is 0.429. The Kier molecular flexibility index (Phi) is 5.22. The van der Waals surface area contributed by atoms with Gasteiger partial charge in [-0.05, 0) is 18.6 Å². The Bertz CT molecular complexity index is 459. The molecule has 1 aromatic rings. The van der Waals surface area contributed by atoms with Crippen LogP contribution in [0.15, 0.2) is 24.8 Å². The number of hydrogen-bond acceptors (Lipinski definition) is 2. The third-order valence-electron chi connectivity index (χ3n) is 3.39. The van der Waals surface area contributed by atoms with Crippen molar-refractivity contribution in [2.24, 2.45) is 0 Å². The lowest BCUT2D eigenvalue weighted by Gasteiger charge is -2.35. The number of piperazine rings is 1. The van der Waals surface area contributed by atoms with Crippen molar-refractivity contribution < 1.29 is 4.39 Å². The first-order chi connectivity index (χ1) is 9.15. The van der Waals surface area contributed by atoms with Gasteiger partial charge in [0.15, 0.2) is 0 Å². The molecule has 1 aromatic carbocycles. The second kappa shape index (κ2) is 6.71. The summed E-state index contributed by atoms with van der Waals surface area (Å²) in [6.45, 7) is 7.28. The third-order valence-corrected chi connectivity index (χ3v) is 4.21. The van der Waals surface area contributed by atoms with Crippen molar-refractivity contribution in [3.8, 4) is 0 Å². The van der Waals surface area contributed by atoms with Gasteiger partial charge in [0, 0.05) is 37.8 Å². The van der Waals surface area contributed by atoms with Gasteiger partial charge in [0.1, 0.15) is 5.82 Å². The van der Waals surface area contributed by atoms with Gasteiger partial charge in [-0.3, -0.25) is 4.90 Å². The van der Waals surface area contributed by atoms with E-state index in [0.29, 0.717) is 22.0 Å². The van der Waals surface area contributed by atoms with Crippen LogP contribution in [0.25, 0.3) is 0 Å². The molecule has 5 heteroatoms. The third kappa shape index (κ3) is 3.29. The molecule has 0 bridgehead atoms. The number of nitrogens with one attached hydrogen (secondary N) is 1. The van der Waals surface area contributed by atoms with Crippen molar-refractivity contribution >= 4 is 23.2 Å². The predicted molar refractivity (Wildman–Crippen MR) is 78.4 cm³/mol. The summed E-state index contributed by atoms with van der Waals surface area (Å²) in [5.41, 5.74) is 0.482. The highest BCUT2D eigenvalue weighted by atomic mass is 35.5. The standard InChI is InChI=1S/C14H17Cl2FN2/c1-2-3-12(19-8-6-18-7-9-19)13-11(17)5-4-10(15)14(13)16/h2,4-5,12,18H,1,3,6-9H2/t12-/m1/s1. The number of benzene rings is 1. The highest BCUT2D eigenvalue weighted by molar-refractivity contribution is 6.42. The minimum Gasteiger partial charge on any atom is -0.314 e. The molecule has 0 radical (unpaired) electrons. The number of halogens is 3. The van der Waals surface area contributed by atoms with Gasteiger partial charge in [-0.1, -0.05) is 29.3 Å². The average Bonchev–Trinajstić information content (AvgIpc) is 2.43. The zero-order valence-corrected chi connectivity index (χ0v) is 12.1. The first-order valence-electron chi connectivity index (χ1n) is 6.34. The molecule has 0 saturated carbocycles. The predicted octanol–water partition coefficient (Wildman–Crippen LogP) is 3.65. The van der Waals surface area contributed by atoms with Gasteiger partial charge in [0.05, 0.1) is 10.0 Å². The summed E-state index contributed by atoms with van der Waals surface area (Å²) in [7, 11) is 0. The lowest BCUT2D eigenvalue weighted by atomic mass is 10.0. The maximum absolute atomic E-state index is 14.1. The largest absolute Gasteiger partial charge is 0.314 e. The summed E-state index contributed by atoms with van der Waals surface area (Å²) < 4.78 is 14.1. The fourth-order valence-corrected chi connectivity index (χ4v) is 2.89. The highest BCUT2D eigenvalue weighted by Crippen LogP contribution is 2.36. The first-order valence-corrected chi connectivity index (χ1v) is 7.09. The van der Waals surface area contributed by atoms with Gasteiger partial charge in [-0.25, -0.2) is 4.39 Å². The lowest BCUT2D eigenvalue weighted by Crippen LogP contribution is -2.45. The Hall–Kier alpha value is -0.610. The maximum Gasteiger partial charge on any atom is 0.129 e. The Morgan fingerprint density at radius 3 is 2.68 bits per heavy atom. The normalized spacial score (nSPS) is 18.3. The molecule has 1 atom stereocenters. The van der Waals surface area contributed by atoms with Gasteiger partial charge in [-0.15, -0.1) is 6.58 Å². The molecule has 1 fully saturated rings. The smallest absolute Gasteiger partial charge is 0.129 e. The molecular weight excluding hydrogens is 286 g/mol. The molecule has 1 aliphatic heterocycles. The summed E-state index contributed by atoms with van der Waals surface area (Å²) >= 11 is 12.2. The summed E-state index contributed by atoms with van der Waals surface area (Å²) in [5, 5.41) is 3.99. The van der Waals surface area contributed by atoms with E-state index < -0.39 is 0 Å². The lowest BCUT2D eigenvalue weighted by molar-refractivity contribution is 0.171. The van der Waals surface area contributed by atoms with E-state index in [0.717, 1.165) is 26.2 Å². The Labute approximate surface area is 123 Å². The van der Waals surface area contributed by atoms with Crippen LogP contribution in [0.2, 0.25) is 10.0 Å². The zero-order chi connectivity index (χ0) is 13.8. The summed E-state index contributed by atoms with van der Waals surface area (Å²) in [6, 6.07) is 2.76. The van der Waals surface area contributed by atoms with Crippen LogP contribution in [0.5, 0.6) is 0 Å². The van der Waals surface area contributed by atoms with Crippen molar-refractivity contribution in [2.45, 2.75) is 12.5 Å². The Morgan fingerprint density at radius 2 is 2.05 bits per heavy atom. The van der Waals surface area contributed by atoms with E-state index in [1.165, 1.54) is 12.1 Å².